The Morgan fingerprint density at radius 1 is 1.14 bits per heavy atom. The topological polar surface area (TPSA) is 75.7 Å². The van der Waals surface area contributed by atoms with Crippen LogP contribution in [0.3, 0.4) is 0 Å². The number of carbonyl (C=O) groups is 1. The molecule has 6 nitrogen and oxygen atoms in total. The van der Waals surface area contributed by atoms with Gasteiger partial charge in [-0.1, -0.05) is 49.4 Å². The molecule has 0 saturated carbocycles. The van der Waals surface area contributed by atoms with Crippen LogP contribution in [0.2, 0.25) is 0 Å². The van der Waals surface area contributed by atoms with Gasteiger partial charge >= 0.3 is 0 Å². The Morgan fingerprint density at radius 3 is 2.51 bits per heavy atom. The van der Waals surface area contributed by atoms with Gasteiger partial charge in [0.1, 0.15) is 11.1 Å². The highest BCUT2D eigenvalue weighted by atomic mass is 32.2. The Morgan fingerprint density at radius 2 is 1.86 bits per heavy atom. The van der Waals surface area contributed by atoms with Gasteiger partial charge in [0.25, 0.3) is 0 Å². The number of carbonyl (C=O) groups excluding carboxylic acids is 1. The maximum atomic E-state index is 15.5. The van der Waals surface area contributed by atoms with Crippen LogP contribution < -0.4 is 5.32 Å². The van der Waals surface area contributed by atoms with Crippen molar-refractivity contribution >= 4 is 15.9 Å². The van der Waals surface area contributed by atoms with E-state index in [2.05, 4.69) is 5.32 Å². The molecular formula is C27H35FN2O4S. The number of nitrogens with zero attached hydrogens (tertiary/aromatic N) is 1. The SMILES string of the molecule is CCCNC(=O)C1(c2ccc(CN3[C@@H](C)CC[C@H](c4ccccc4)S3(=O)=O)c(F)c2)CCOCC1. The number of ether oxygens (including phenoxy) is 1. The molecular weight excluding hydrogens is 467 g/mol. The van der Waals surface area contributed by atoms with Crippen LogP contribution in [0.15, 0.2) is 48.5 Å². The van der Waals surface area contributed by atoms with E-state index in [0.29, 0.717) is 56.6 Å². The molecule has 2 saturated heterocycles. The molecule has 0 aliphatic carbocycles. The van der Waals surface area contributed by atoms with E-state index in [9.17, 15) is 13.2 Å². The van der Waals surface area contributed by atoms with E-state index in [-0.39, 0.29) is 18.5 Å². The van der Waals surface area contributed by atoms with Crippen molar-refractivity contribution < 1.29 is 22.3 Å². The molecule has 4 rings (SSSR count). The van der Waals surface area contributed by atoms with Gasteiger partial charge in [0, 0.05) is 37.9 Å². The minimum atomic E-state index is -3.66. The Balaban J connectivity index is 1.61. The summed E-state index contributed by atoms with van der Waals surface area (Å²) in [5, 5.41) is 2.34. The molecule has 2 aromatic rings. The summed E-state index contributed by atoms with van der Waals surface area (Å²) in [4.78, 5) is 13.1. The number of amides is 1. The highest BCUT2D eigenvalue weighted by Crippen LogP contribution is 2.39. The van der Waals surface area contributed by atoms with Crippen molar-refractivity contribution in [2.24, 2.45) is 0 Å². The summed E-state index contributed by atoms with van der Waals surface area (Å²) >= 11 is 0. The second kappa shape index (κ2) is 10.8. The van der Waals surface area contributed by atoms with Crippen LogP contribution in [-0.2, 0) is 31.5 Å². The lowest BCUT2D eigenvalue weighted by atomic mass is 9.73. The van der Waals surface area contributed by atoms with Gasteiger partial charge in [-0.2, -0.15) is 4.31 Å². The number of sulfonamides is 1. The first-order valence-electron chi connectivity index (χ1n) is 12.5. The number of nitrogens with one attached hydrogen (secondary N) is 1. The van der Waals surface area contributed by atoms with E-state index < -0.39 is 26.5 Å². The predicted molar refractivity (Wildman–Crippen MR) is 134 cm³/mol. The smallest absolute Gasteiger partial charge is 0.230 e. The molecule has 0 aromatic heterocycles. The maximum Gasteiger partial charge on any atom is 0.230 e. The molecule has 2 aliphatic heterocycles. The first kappa shape index (κ1) is 25.8. The molecule has 0 spiro atoms. The normalized spacial score (nSPS) is 24.1. The zero-order valence-electron chi connectivity index (χ0n) is 20.5. The van der Waals surface area contributed by atoms with Gasteiger partial charge in [-0.3, -0.25) is 4.79 Å². The summed E-state index contributed by atoms with van der Waals surface area (Å²) in [6.07, 6.45) is 3.04. The fourth-order valence-electron chi connectivity index (χ4n) is 5.27. The molecule has 1 N–H and O–H groups in total. The minimum absolute atomic E-state index is 0.0307. The highest BCUT2D eigenvalue weighted by Gasteiger charge is 2.43. The second-order valence-corrected chi connectivity index (χ2v) is 11.7. The number of hydrogen-bond acceptors (Lipinski definition) is 4. The minimum Gasteiger partial charge on any atom is -0.381 e. The van der Waals surface area contributed by atoms with Gasteiger partial charge < -0.3 is 10.1 Å². The summed E-state index contributed by atoms with van der Waals surface area (Å²) in [6.45, 7) is 5.27. The number of halogens is 1. The Kier molecular flexibility index (Phi) is 7.93. The van der Waals surface area contributed by atoms with Crippen LogP contribution in [0.25, 0.3) is 0 Å². The van der Waals surface area contributed by atoms with Crippen LogP contribution in [0.1, 0.15) is 67.9 Å². The molecule has 2 aromatic carbocycles. The molecule has 2 fully saturated rings. The van der Waals surface area contributed by atoms with Crippen molar-refractivity contribution in [3.63, 3.8) is 0 Å². The van der Waals surface area contributed by atoms with E-state index >= 15 is 4.39 Å². The Bertz CT molecular complexity index is 1130. The zero-order valence-corrected chi connectivity index (χ0v) is 21.3. The lowest BCUT2D eigenvalue weighted by Gasteiger charge is -2.38. The third kappa shape index (κ3) is 5.15. The average molecular weight is 503 g/mol. The van der Waals surface area contributed by atoms with E-state index in [1.807, 2.05) is 44.2 Å². The summed E-state index contributed by atoms with van der Waals surface area (Å²) in [6, 6.07) is 13.8. The van der Waals surface area contributed by atoms with Crippen molar-refractivity contribution in [2.45, 2.75) is 69.2 Å². The van der Waals surface area contributed by atoms with Crippen molar-refractivity contribution in [3.05, 3.63) is 71.0 Å². The maximum absolute atomic E-state index is 15.5. The first-order valence-corrected chi connectivity index (χ1v) is 14.0. The van der Waals surface area contributed by atoms with Gasteiger partial charge in [0.05, 0.1) is 5.41 Å². The van der Waals surface area contributed by atoms with E-state index in [4.69, 9.17) is 4.74 Å². The quantitative estimate of drug-likeness (QED) is 0.607. The molecule has 2 aliphatic rings. The standard InChI is InChI=1S/C27H35FN2O4S/c1-3-15-29-26(31)27(13-16-34-17-14-27)23-11-10-22(24(28)18-23)19-30-20(2)9-12-25(35(30,32)33)21-7-5-4-6-8-21/h4-8,10-11,18,20,25H,3,9,12-17,19H2,1-2H3,(H,29,31)/t20-,25+/m0/s1. The molecule has 35 heavy (non-hydrogen) atoms. The van der Waals surface area contributed by atoms with E-state index in [0.717, 1.165) is 12.0 Å². The third-order valence-corrected chi connectivity index (χ3v) is 9.81. The first-order chi connectivity index (χ1) is 16.8. The lowest BCUT2D eigenvalue weighted by Crippen LogP contribution is -2.48. The van der Waals surface area contributed by atoms with Crippen LogP contribution in [-0.4, -0.2) is 44.4 Å². The Hall–Kier alpha value is -2.29. The lowest BCUT2D eigenvalue weighted by molar-refractivity contribution is -0.130. The van der Waals surface area contributed by atoms with Crippen LogP contribution in [0.5, 0.6) is 0 Å². The summed E-state index contributed by atoms with van der Waals surface area (Å²) < 4.78 is 49.4. The van der Waals surface area contributed by atoms with Gasteiger partial charge in [0.2, 0.25) is 15.9 Å². The second-order valence-electron chi connectivity index (χ2n) is 9.67. The summed E-state index contributed by atoms with van der Waals surface area (Å²) in [5.41, 5.74) is 0.858. The third-order valence-electron chi connectivity index (χ3n) is 7.44. The van der Waals surface area contributed by atoms with Crippen molar-refractivity contribution in [3.8, 4) is 0 Å². The van der Waals surface area contributed by atoms with Crippen LogP contribution >= 0.6 is 0 Å². The molecule has 2 atom stereocenters. The molecule has 190 valence electrons. The van der Waals surface area contributed by atoms with Gasteiger partial charge in [-0.25, -0.2) is 12.8 Å². The van der Waals surface area contributed by atoms with E-state index in [1.54, 1.807) is 12.1 Å². The van der Waals surface area contributed by atoms with Gasteiger partial charge in [0.15, 0.2) is 0 Å². The average Bonchev–Trinajstić information content (AvgIpc) is 2.86. The predicted octanol–water partition coefficient (Wildman–Crippen LogP) is 4.46. The molecule has 0 radical (unpaired) electrons. The summed E-state index contributed by atoms with van der Waals surface area (Å²) in [5.74, 6) is -0.589. The van der Waals surface area contributed by atoms with Gasteiger partial charge in [-0.05, 0) is 56.2 Å². The molecule has 1 amide bonds. The molecule has 0 bridgehead atoms. The number of hydrogen-bond donors (Lipinski definition) is 1. The fourth-order valence-corrected chi connectivity index (χ4v) is 7.46. The van der Waals surface area contributed by atoms with Crippen molar-refractivity contribution in [1.82, 2.24) is 9.62 Å². The number of benzene rings is 2. The molecule has 2 heterocycles. The van der Waals surface area contributed by atoms with Crippen LogP contribution in [0.4, 0.5) is 4.39 Å². The monoisotopic (exact) mass is 502 g/mol. The fraction of sp³-hybridized carbons (Fsp3) is 0.519. The summed E-state index contributed by atoms with van der Waals surface area (Å²) in [7, 11) is -3.66. The van der Waals surface area contributed by atoms with E-state index in [1.165, 1.54) is 10.4 Å². The highest BCUT2D eigenvalue weighted by molar-refractivity contribution is 7.89. The van der Waals surface area contributed by atoms with Crippen molar-refractivity contribution in [1.29, 1.82) is 0 Å². The molecule has 8 heteroatoms. The van der Waals surface area contributed by atoms with Gasteiger partial charge in [-0.15, -0.1) is 0 Å². The van der Waals surface area contributed by atoms with Crippen molar-refractivity contribution in [2.75, 3.05) is 19.8 Å². The zero-order chi connectivity index (χ0) is 25.1. The largest absolute Gasteiger partial charge is 0.381 e. The molecule has 0 unspecified atom stereocenters. The Labute approximate surface area is 207 Å². The number of rotatable bonds is 7. The van der Waals surface area contributed by atoms with Crippen LogP contribution in [0, 0.1) is 5.82 Å².